The van der Waals surface area contributed by atoms with Crippen LogP contribution in [0.3, 0.4) is 0 Å². The van der Waals surface area contributed by atoms with E-state index in [2.05, 4.69) is 11.0 Å². The largest absolute Gasteiger partial charge is 0.491 e. The average molecular weight is 357 g/mol. The molecular formula is C21H27NO4. The molecule has 0 aliphatic carbocycles. The number of fused-ring (bicyclic) bond motifs is 1. The highest BCUT2D eigenvalue weighted by atomic mass is 16.5. The maximum Gasteiger partial charge on any atom is 0.309 e. The molecule has 1 unspecified atom stereocenters. The first kappa shape index (κ1) is 18.7. The van der Waals surface area contributed by atoms with Gasteiger partial charge in [0, 0.05) is 6.54 Å². The Balaban J connectivity index is 1.43. The number of ether oxygens (including phenoxy) is 2. The molecule has 1 aliphatic heterocycles. The third kappa shape index (κ3) is 4.96. The average Bonchev–Trinajstić information content (AvgIpc) is 2.67. The zero-order valence-corrected chi connectivity index (χ0v) is 15.3. The molecule has 5 heteroatoms. The summed E-state index contributed by atoms with van der Waals surface area (Å²) in [5, 5.41) is 12.6. The zero-order valence-electron chi connectivity index (χ0n) is 15.3. The fraction of sp³-hybridized carbons (Fsp3) is 0.476. The van der Waals surface area contributed by atoms with E-state index in [0.29, 0.717) is 13.2 Å². The fourth-order valence-corrected chi connectivity index (χ4v) is 3.41. The quantitative estimate of drug-likeness (QED) is 0.772. The number of benzene rings is 2. The molecule has 2 aromatic rings. The van der Waals surface area contributed by atoms with Crippen molar-refractivity contribution in [2.24, 2.45) is 5.92 Å². The smallest absolute Gasteiger partial charge is 0.309 e. The minimum absolute atomic E-state index is 0.00260. The predicted molar refractivity (Wildman–Crippen MR) is 101 cm³/mol. The van der Waals surface area contributed by atoms with Gasteiger partial charge in [0.1, 0.15) is 18.5 Å². The number of carbonyl (C=O) groups excluding carboxylic acids is 1. The fourth-order valence-electron chi connectivity index (χ4n) is 3.41. The van der Waals surface area contributed by atoms with E-state index in [1.807, 2.05) is 43.3 Å². The highest BCUT2D eigenvalue weighted by Crippen LogP contribution is 2.21. The van der Waals surface area contributed by atoms with E-state index in [1.54, 1.807) is 0 Å². The summed E-state index contributed by atoms with van der Waals surface area (Å²) in [5.41, 5.74) is 0. The van der Waals surface area contributed by atoms with Gasteiger partial charge in [-0.05, 0) is 55.8 Å². The minimum Gasteiger partial charge on any atom is -0.491 e. The molecule has 0 spiro atoms. The first-order valence-corrected chi connectivity index (χ1v) is 9.34. The van der Waals surface area contributed by atoms with Crippen LogP contribution in [0.1, 0.15) is 19.8 Å². The van der Waals surface area contributed by atoms with Crippen molar-refractivity contribution in [2.75, 3.05) is 32.8 Å². The van der Waals surface area contributed by atoms with Gasteiger partial charge in [-0.1, -0.05) is 30.3 Å². The van der Waals surface area contributed by atoms with Gasteiger partial charge in [0.2, 0.25) is 0 Å². The maximum atomic E-state index is 11.8. The summed E-state index contributed by atoms with van der Waals surface area (Å²) in [5.74, 6) is 0.674. The number of likely N-dealkylation sites (tertiary alicyclic amines) is 1. The summed E-state index contributed by atoms with van der Waals surface area (Å²) < 4.78 is 10.8. The molecule has 1 fully saturated rings. The van der Waals surface area contributed by atoms with Crippen LogP contribution in [0.15, 0.2) is 42.5 Å². The number of hydrogen-bond donors (Lipinski definition) is 1. The molecule has 26 heavy (non-hydrogen) atoms. The van der Waals surface area contributed by atoms with Crippen molar-refractivity contribution in [2.45, 2.75) is 25.9 Å². The summed E-state index contributed by atoms with van der Waals surface area (Å²) in [6.45, 7) is 4.69. The molecule has 1 saturated heterocycles. The van der Waals surface area contributed by atoms with Gasteiger partial charge in [-0.25, -0.2) is 0 Å². The lowest BCUT2D eigenvalue weighted by Crippen LogP contribution is -2.42. The lowest BCUT2D eigenvalue weighted by Gasteiger charge is -2.32. The van der Waals surface area contributed by atoms with Crippen LogP contribution in [0.25, 0.3) is 10.8 Å². The van der Waals surface area contributed by atoms with Crippen molar-refractivity contribution in [1.82, 2.24) is 4.90 Å². The van der Waals surface area contributed by atoms with Gasteiger partial charge in [0.05, 0.1) is 12.5 Å². The van der Waals surface area contributed by atoms with Crippen LogP contribution in [0.2, 0.25) is 0 Å². The molecule has 1 aliphatic rings. The number of nitrogens with zero attached hydrogens (tertiary/aromatic N) is 1. The Hall–Kier alpha value is -2.11. The molecular weight excluding hydrogens is 330 g/mol. The number of rotatable bonds is 7. The molecule has 5 nitrogen and oxygen atoms in total. The van der Waals surface area contributed by atoms with Crippen LogP contribution in [-0.4, -0.2) is 54.9 Å². The molecule has 0 bridgehead atoms. The number of aliphatic hydroxyl groups excluding tert-OH is 1. The Morgan fingerprint density at radius 2 is 1.92 bits per heavy atom. The predicted octanol–water partition coefficient (Wildman–Crippen LogP) is 2.85. The summed E-state index contributed by atoms with van der Waals surface area (Å²) in [4.78, 5) is 14.0. The van der Waals surface area contributed by atoms with Crippen molar-refractivity contribution < 1.29 is 19.4 Å². The van der Waals surface area contributed by atoms with Gasteiger partial charge in [-0.15, -0.1) is 0 Å². The lowest BCUT2D eigenvalue weighted by molar-refractivity contribution is -0.149. The molecule has 1 atom stereocenters. The van der Waals surface area contributed by atoms with E-state index >= 15 is 0 Å². The minimum atomic E-state index is -0.555. The van der Waals surface area contributed by atoms with Crippen LogP contribution in [-0.2, 0) is 9.53 Å². The Bertz CT molecular complexity index is 725. The van der Waals surface area contributed by atoms with Crippen LogP contribution in [0.4, 0.5) is 0 Å². The first-order chi connectivity index (χ1) is 12.7. The number of aliphatic hydroxyl groups is 1. The molecule has 1 heterocycles. The van der Waals surface area contributed by atoms with Crippen LogP contribution in [0, 0.1) is 5.92 Å². The number of hydrogen-bond acceptors (Lipinski definition) is 5. The highest BCUT2D eigenvalue weighted by Gasteiger charge is 2.26. The van der Waals surface area contributed by atoms with Crippen LogP contribution < -0.4 is 4.74 Å². The van der Waals surface area contributed by atoms with Gasteiger partial charge in [0.25, 0.3) is 0 Å². The molecule has 0 radical (unpaired) electrons. The summed E-state index contributed by atoms with van der Waals surface area (Å²) in [7, 11) is 0. The van der Waals surface area contributed by atoms with Gasteiger partial charge in [-0.2, -0.15) is 0 Å². The number of esters is 1. The van der Waals surface area contributed by atoms with E-state index < -0.39 is 6.10 Å². The van der Waals surface area contributed by atoms with Crippen molar-refractivity contribution in [1.29, 1.82) is 0 Å². The maximum absolute atomic E-state index is 11.8. The Kier molecular flexibility index (Phi) is 6.47. The normalized spacial score (nSPS) is 17.2. The first-order valence-electron chi connectivity index (χ1n) is 9.34. The van der Waals surface area contributed by atoms with Gasteiger partial charge in [0.15, 0.2) is 0 Å². The number of carbonyl (C=O) groups is 1. The molecule has 0 amide bonds. The lowest BCUT2D eigenvalue weighted by atomic mass is 9.97. The van der Waals surface area contributed by atoms with E-state index in [0.717, 1.165) is 37.1 Å². The SMILES string of the molecule is CCOC(=O)C1CCN(CC(O)COc2ccc3ccccc3c2)CC1. The highest BCUT2D eigenvalue weighted by molar-refractivity contribution is 5.83. The monoisotopic (exact) mass is 357 g/mol. The molecule has 2 aromatic carbocycles. The summed E-state index contributed by atoms with van der Waals surface area (Å²) >= 11 is 0. The second-order valence-electron chi connectivity index (χ2n) is 6.80. The standard InChI is InChI=1S/C21H27NO4/c1-2-25-21(24)17-9-11-22(12-10-17)14-19(23)15-26-20-8-7-16-5-3-4-6-18(16)13-20/h3-8,13,17,19,23H,2,9-12,14-15H2,1H3. The third-order valence-electron chi connectivity index (χ3n) is 4.84. The topological polar surface area (TPSA) is 59.0 Å². The summed E-state index contributed by atoms with van der Waals surface area (Å²) in [6.07, 6.45) is 1.02. The zero-order chi connectivity index (χ0) is 18.4. The van der Waals surface area contributed by atoms with Crippen molar-refractivity contribution >= 4 is 16.7 Å². The van der Waals surface area contributed by atoms with Crippen LogP contribution >= 0.6 is 0 Å². The van der Waals surface area contributed by atoms with Crippen molar-refractivity contribution in [3.63, 3.8) is 0 Å². The van der Waals surface area contributed by atoms with E-state index in [9.17, 15) is 9.90 Å². The van der Waals surface area contributed by atoms with Gasteiger partial charge >= 0.3 is 5.97 Å². The van der Waals surface area contributed by atoms with Crippen LogP contribution in [0.5, 0.6) is 5.75 Å². The van der Waals surface area contributed by atoms with Gasteiger partial charge in [-0.3, -0.25) is 4.79 Å². The second kappa shape index (κ2) is 9.01. The van der Waals surface area contributed by atoms with E-state index in [-0.39, 0.29) is 18.5 Å². The molecule has 140 valence electrons. The molecule has 0 aromatic heterocycles. The van der Waals surface area contributed by atoms with Crippen molar-refractivity contribution in [3.8, 4) is 5.75 Å². The molecule has 0 saturated carbocycles. The van der Waals surface area contributed by atoms with E-state index in [1.165, 1.54) is 5.39 Å². The molecule has 3 rings (SSSR count). The second-order valence-corrected chi connectivity index (χ2v) is 6.80. The Morgan fingerprint density at radius 3 is 2.65 bits per heavy atom. The van der Waals surface area contributed by atoms with Gasteiger partial charge < -0.3 is 19.5 Å². The number of β-amino-alcohol motifs (C(OH)–C–C–N with tert-alkyl or cyclic N) is 1. The Labute approximate surface area is 154 Å². The van der Waals surface area contributed by atoms with Crippen molar-refractivity contribution in [3.05, 3.63) is 42.5 Å². The Morgan fingerprint density at radius 1 is 1.19 bits per heavy atom. The number of piperidine rings is 1. The third-order valence-corrected chi connectivity index (χ3v) is 4.84. The van der Waals surface area contributed by atoms with E-state index in [4.69, 9.17) is 9.47 Å². The molecule has 1 N–H and O–H groups in total. The summed E-state index contributed by atoms with van der Waals surface area (Å²) in [6, 6.07) is 14.1.